The highest BCUT2D eigenvalue weighted by atomic mass is 32.1. The predicted octanol–water partition coefficient (Wildman–Crippen LogP) is 2.23. The molecule has 1 saturated carbocycles. The van der Waals surface area contributed by atoms with Crippen LogP contribution in [0.4, 0.5) is 0 Å². The van der Waals surface area contributed by atoms with Crippen LogP contribution in [-0.4, -0.2) is 17.4 Å². The van der Waals surface area contributed by atoms with Crippen molar-refractivity contribution >= 4 is 17.2 Å². The first-order valence-corrected chi connectivity index (χ1v) is 7.94. The zero-order valence-electron chi connectivity index (χ0n) is 11.6. The topological polar surface area (TPSA) is 68.0 Å². The number of aryl methyl sites for hydroxylation is 1. The molecule has 1 aromatic rings. The van der Waals surface area contributed by atoms with Crippen LogP contribution in [0.25, 0.3) is 0 Å². The van der Waals surface area contributed by atoms with Gasteiger partial charge in [0.25, 0.3) is 0 Å². The molecule has 0 saturated heterocycles. The normalized spacial score (nSPS) is 18.2. The fourth-order valence-electron chi connectivity index (χ4n) is 2.69. The molecule has 1 heterocycles. The van der Waals surface area contributed by atoms with Gasteiger partial charge in [-0.1, -0.05) is 26.2 Å². The summed E-state index contributed by atoms with van der Waals surface area (Å²) < 4.78 is 0. The number of thiazole rings is 1. The molecule has 3 N–H and O–H groups in total. The van der Waals surface area contributed by atoms with Gasteiger partial charge in [0.1, 0.15) is 5.01 Å². The molecule has 19 heavy (non-hydrogen) atoms. The molecule has 1 aromatic heterocycles. The monoisotopic (exact) mass is 281 g/mol. The molecule has 4 nitrogen and oxygen atoms in total. The average Bonchev–Trinajstić information content (AvgIpc) is 2.93. The number of rotatable bonds is 5. The summed E-state index contributed by atoms with van der Waals surface area (Å²) in [6.45, 7) is 3.10. The molecule has 1 aliphatic carbocycles. The van der Waals surface area contributed by atoms with Gasteiger partial charge >= 0.3 is 0 Å². The van der Waals surface area contributed by atoms with E-state index in [0.29, 0.717) is 13.1 Å². The SMILES string of the molecule is CCc1cnc(CNC(=O)C2(CN)CCCCC2)s1. The fourth-order valence-corrected chi connectivity index (χ4v) is 3.49. The molecule has 106 valence electrons. The number of aromatic nitrogens is 1. The van der Waals surface area contributed by atoms with Crippen molar-refractivity contribution < 1.29 is 4.79 Å². The van der Waals surface area contributed by atoms with E-state index in [-0.39, 0.29) is 11.3 Å². The van der Waals surface area contributed by atoms with Gasteiger partial charge in [-0.05, 0) is 19.3 Å². The second-order valence-corrected chi connectivity index (χ2v) is 6.50. The number of nitrogens with zero attached hydrogens (tertiary/aromatic N) is 1. The maximum absolute atomic E-state index is 12.4. The lowest BCUT2D eigenvalue weighted by molar-refractivity contribution is -0.132. The summed E-state index contributed by atoms with van der Waals surface area (Å²) in [6, 6.07) is 0. The van der Waals surface area contributed by atoms with Crippen LogP contribution in [0.2, 0.25) is 0 Å². The van der Waals surface area contributed by atoms with E-state index in [1.54, 1.807) is 11.3 Å². The van der Waals surface area contributed by atoms with Gasteiger partial charge in [0.05, 0.1) is 12.0 Å². The molecule has 1 amide bonds. The number of hydrogen-bond donors (Lipinski definition) is 2. The van der Waals surface area contributed by atoms with Crippen LogP contribution in [0.3, 0.4) is 0 Å². The highest BCUT2D eigenvalue weighted by Crippen LogP contribution is 2.35. The van der Waals surface area contributed by atoms with Crippen molar-refractivity contribution in [2.45, 2.75) is 52.0 Å². The van der Waals surface area contributed by atoms with Crippen LogP contribution in [-0.2, 0) is 17.8 Å². The first-order chi connectivity index (χ1) is 9.20. The number of hydrogen-bond acceptors (Lipinski definition) is 4. The minimum absolute atomic E-state index is 0.114. The summed E-state index contributed by atoms with van der Waals surface area (Å²) in [5.41, 5.74) is 5.53. The zero-order chi connectivity index (χ0) is 13.7. The first kappa shape index (κ1) is 14.5. The summed E-state index contributed by atoms with van der Waals surface area (Å²) in [4.78, 5) is 18.0. The Morgan fingerprint density at radius 3 is 2.79 bits per heavy atom. The number of carbonyl (C=O) groups excluding carboxylic acids is 1. The van der Waals surface area contributed by atoms with E-state index in [1.807, 2.05) is 6.20 Å². The van der Waals surface area contributed by atoms with E-state index in [1.165, 1.54) is 11.3 Å². The molecule has 5 heteroatoms. The third-order valence-corrected chi connectivity index (χ3v) is 5.17. The molecule has 0 aliphatic heterocycles. The van der Waals surface area contributed by atoms with Crippen LogP contribution in [0, 0.1) is 5.41 Å². The van der Waals surface area contributed by atoms with Gasteiger partial charge in [0, 0.05) is 17.6 Å². The van der Waals surface area contributed by atoms with Gasteiger partial charge in [0.15, 0.2) is 0 Å². The second kappa shape index (κ2) is 6.48. The van der Waals surface area contributed by atoms with Crippen LogP contribution in [0.5, 0.6) is 0 Å². The Balaban J connectivity index is 1.92. The largest absolute Gasteiger partial charge is 0.349 e. The molecule has 1 fully saturated rings. The van der Waals surface area contributed by atoms with Crippen LogP contribution >= 0.6 is 11.3 Å². The van der Waals surface area contributed by atoms with Crippen molar-refractivity contribution in [3.05, 3.63) is 16.1 Å². The molecule has 2 rings (SSSR count). The van der Waals surface area contributed by atoms with Gasteiger partial charge in [-0.25, -0.2) is 4.98 Å². The number of carbonyl (C=O) groups is 1. The maximum Gasteiger partial charge on any atom is 0.227 e. The molecule has 0 atom stereocenters. The average molecular weight is 281 g/mol. The Morgan fingerprint density at radius 2 is 2.21 bits per heavy atom. The Morgan fingerprint density at radius 1 is 1.47 bits per heavy atom. The molecular formula is C14H23N3OS. The molecule has 1 aliphatic rings. The summed E-state index contributed by atoms with van der Waals surface area (Å²) in [7, 11) is 0. The Kier molecular flexibility index (Phi) is 4.93. The van der Waals surface area contributed by atoms with Crippen LogP contribution in [0.15, 0.2) is 6.20 Å². The van der Waals surface area contributed by atoms with Gasteiger partial charge < -0.3 is 11.1 Å². The van der Waals surface area contributed by atoms with Crippen molar-refractivity contribution in [1.82, 2.24) is 10.3 Å². The van der Waals surface area contributed by atoms with E-state index < -0.39 is 0 Å². The number of nitrogens with two attached hydrogens (primary N) is 1. The van der Waals surface area contributed by atoms with Crippen molar-refractivity contribution in [3.63, 3.8) is 0 Å². The second-order valence-electron chi connectivity index (χ2n) is 5.30. The lowest BCUT2D eigenvalue weighted by Crippen LogP contribution is -2.46. The van der Waals surface area contributed by atoms with Gasteiger partial charge in [-0.15, -0.1) is 11.3 Å². The molecule has 0 aromatic carbocycles. The highest BCUT2D eigenvalue weighted by molar-refractivity contribution is 7.11. The smallest absolute Gasteiger partial charge is 0.227 e. The van der Waals surface area contributed by atoms with Crippen molar-refractivity contribution in [3.8, 4) is 0 Å². The Bertz CT molecular complexity index is 424. The van der Waals surface area contributed by atoms with Crippen molar-refractivity contribution in [2.24, 2.45) is 11.1 Å². The quantitative estimate of drug-likeness (QED) is 0.869. The van der Waals surface area contributed by atoms with Crippen molar-refractivity contribution in [1.29, 1.82) is 0 Å². The van der Waals surface area contributed by atoms with E-state index in [2.05, 4.69) is 17.2 Å². The fraction of sp³-hybridized carbons (Fsp3) is 0.714. The van der Waals surface area contributed by atoms with Crippen LogP contribution < -0.4 is 11.1 Å². The first-order valence-electron chi connectivity index (χ1n) is 7.12. The number of nitrogens with one attached hydrogen (secondary N) is 1. The summed E-state index contributed by atoms with van der Waals surface area (Å²) >= 11 is 1.67. The molecule has 0 spiro atoms. The van der Waals surface area contributed by atoms with Gasteiger partial charge in [0.2, 0.25) is 5.91 Å². The lowest BCUT2D eigenvalue weighted by atomic mass is 9.73. The molecular weight excluding hydrogens is 258 g/mol. The highest BCUT2D eigenvalue weighted by Gasteiger charge is 2.37. The Hall–Kier alpha value is -0.940. The standard InChI is InChI=1S/C14H23N3OS/c1-2-11-8-16-12(19-11)9-17-13(18)14(10-15)6-4-3-5-7-14/h8H,2-7,9-10,15H2,1H3,(H,17,18). The third-order valence-electron chi connectivity index (χ3n) is 4.03. The van der Waals surface area contributed by atoms with E-state index in [9.17, 15) is 4.79 Å². The van der Waals surface area contributed by atoms with Crippen LogP contribution in [0.1, 0.15) is 48.9 Å². The Labute approximate surface area is 118 Å². The minimum Gasteiger partial charge on any atom is -0.349 e. The summed E-state index contributed by atoms with van der Waals surface area (Å²) in [5.74, 6) is 0.114. The van der Waals surface area contributed by atoms with Gasteiger partial charge in [-0.2, -0.15) is 0 Å². The number of amides is 1. The van der Waals surface area contributed by atoms with E-state index in [0.717, 1.165) is 37.1 Å². The summed E-state index contributed by atoms with van der Waals surface area (Å²) in [6.07, 6.45) is 8.19. The van der Waals surface area contributed by atoms with E-state index in [4.69, 9.17) is 5.73 Å². The minimum atomic E-state index is -0.330. The summed E-state index contributed by atoms with van der Waals surface area (Å²) in [5, 5.41) is 4.01. The predicted molar refractivity (Wildman–Crippen MR) is 77.9 cm³/mol. The molecule has 0 radical (unpaired) electrons. The van der Waals surface area contributed by atoms with E-state index >= 15 is 0 Å². The zero-order valence-corrected chi connectivity index (χ0v) is 12.4. The van der Waals surface area contributed by atoms with Crippen molar-refractivity contribution in [2.75, 3.05) is 6.54 Å². The molecule has 0 unspecified atom stereocenters. The van der Waals surface area contributed by atoms with Gasteiger partial charge in [-0.3, -0.25) is 4.79 Å². The molecule has 0 bridgehead atoms. The maximum atomic E-state index is 12.4. The lowest BCUT2D eigenvalue weighted by Gasteiger charge is -2.34. The third kappa shape index (κ3) is 3.34.